The number of esters is 1. The Hall–Kier alpha value is -6.18. The molecule has 1 heterocycles. The Bertz CT molecular complexity index is 1660. The van der Waals surface area contributed by atoms with Crippen molar-refractivity contribution >= 4 is 35.4 Å². The Kier molecular flexibility index (Phi) is 9.32. The number of amides is 2. The third kappa shape index (κ3) is 7.13. The number of ether oxygens (including phenoxy) is 4. The lowest BCUT2D eigenvalue weighted by molar-refractivity contribution is -0.384. The van der Waals surface area contributed by atoms with Crippen molar-refractivity contribution in [2.24, 2.45) is 5.10 Å². The van der Waals surface area contributed by atoms with Crippen LogP contribution in [0.1, 0.15) is 36.8 Å². The highest BCUT2D eigenvalue weighted by molar-refractivity contribution is 6.05. The van der Waals surface area contributed by atoms with Crippen molar-refractivity contribution in [2.45, 2.75) is 0 Å². The molecule has 0 fully saturated rings. The molecule has 0 aliphatic carbocycles. The number of benzene rings is 3. The molecule has 0 spiro atoms. The van der Waals surface area contributed by atoms with E-state index in [2.05, 4.69) is 15.8 Å². The van der Waals surface area contributed by atoms with Gasteiger partial charge in [0.05, 0.1) is 38.7 Å². The lowest BCUT2D eigenvalue weighted by atomic mass is 10.1. The zero-order chi connectivity index (χ0) is 30.9. The first kappa shape index (κ1) is 29.8. The first-order valence-corrected chi connectivity index (χ1v) is 12.3. The monoisotopic (exact) mass is 588 g/mol. The topological polar surface area (TPSA) is 181 Å². The second kappa shape index (κ2) is 13.5. The first-order valence-electron chi connectivity index (χ1n) is 12.3. The average molecular weight is 589 g/mol. The van der Waals surface area contributed by atoms with Crippen LogP contribution in [0.15, 0.2) is 82.5 Å². The molecule has 43 heavy (non-hydrogen) atoms. The van der Waals surface area contributed by atoms with Crippen LogP contribution in [0.4, 0.5) is 11.4 Å². The number of nitro benzene ring substituents is 1. The van der Waals surface area contributed by atoms with Crippen molar-refractivity contribution in [1.82, 2.24) is 5.43 Å². The summed E-state index contributed by atoms with van der Waals surface area (Å²) in [5, 5.41) is 17.8. The summed E-state index contributed by atoms with van der Waals surface area (Å²) in [5.41, 5.74) is 2.93. The Labute approximate surface area is 244 Å². The molecule has 0 unspecified atom stereocenters. The van der Waals surface area contributed by atoms with Crippen LogP contribution in [0.2, 0.25) is 0 Å². The molecule has 0 atom stereocenters. The molecule has 220 valence electrons. The van der Waals surface area contributed by atoms with E-state index in [9.17, 15) is 24.5 Å². The fraction of sp³-hybridized carbons (Fsp3) is 0.103. The van der Waals surface area contributed by atoms with Gasteiger partial charge >= 0.3 is 5.97 Å². The van der Waals surface area contributed by atoms with Gasteiger partial charge in [0.1, 0.15) is 5.75 Å². The van der Waals surface area contributed by atoms with Crippen LogP contribution in [-0.2, 0) is 0 Å². The number of carbonyl (C=O) groups is 3. The molecule has 0 saturated heterocycles. The maximum atomic E-state index is 12.8. The van der Waals surface area contributed by atoms with Crippen LogP contribution in [0.5, 0.6) is 23.0 Å². The van der Waals surface area contributed by atoms with E-state index in [4.69, 9.17) is 23.4 Å². The van der Waals surface area contributed by atoms with E-state index in [0.717, 1.165) is 18.3 Å². The zero-order valence-corrected chi connectivity index (χ0v) is 23.0. The van der Waals surface area contributed by atoms with E-state index in [1.165, 1.54) is 82.2 Å². The highest BCUT2D eigenvalue weighted by atomic mass is 16.6. The predicted molar refractivity (Wildman–Crippen MR) is 152 cm³/mol. The van der Waals surface area contributed by atoms with Gasteiger partial charge in [-0.1, -0.05) is 0 Å². The van der Waals surface area contributed by atoms with E-state index in [-0.39, 0.29) is 33.9 Å². The number of nitrogens with one attached hydrogen (secondary N) is 2. The number of nitrogens with zero attached hydrogens (tertiary/aromatic N) is 2. The lowest BCUT2D eigenvalue weighted by Gasteiger charge is -2.14. The van der Waals surface area contributed by atoms with Crippen molar-refractivity contribution in [3.63, 3.8) is 0 Å². The summed E-state index contributed by atoms with van der Waals surface area (Å²) in [4.78, 5) is 48.3. The highest BCUT2D eigenvalue weighted by Gasteiger charge is 2.18. The molecule has 4 aromatic rings. The Balaban J connectivity index is 1.43. The standard InChI is InChI=1S/C29H24N4O10/c1-39-24-14-18(15-25(40-2)26(24)41-3)27(34)31-20-8-6-17(7-9-20)28(35)32-30-16-19-13-21(33(37)38)10-11-22(19)43-29(36)23-5-4-12-42-23/h4-16H,1-3H3,(H,31,34)(H,32,35)/b30-16+. The molecule has 2 N–H and O–H groups in total. The summed E-state index contributed by atoms with van der Waals surface area (Å²) in [5.74, 6) is -1.04. The van der Waals surface area contributed by atoms with Gasteiger partial charge in [-0.3, -0.25) is 19.7 Å². The predicted octanol–water partition coefficient (Wildman–Crippen LogP) is 4.45. The van der Waals surface area contributed by atoms with Gasteiger partial charge in [0, 0.05) is 34.5 Å². The molecule has 4 rings (SSSR count). The minimum Gasteiger partial charge on any atom is -0.493 e. The summed E-state index contributed by atoms with van der Waals surface area (Å²) in [6.07, 6.45) is 2.39. The Morgan fingerprint density at radius 2 is 1.56 bits per heavy atom. The molecule has 0 saturated carbocycles. The summed E-state index contributed by atoms with van der Waals surface area (Å²) in [6, 6.07) is 15.4. The second-order valence-corrected chi connectivity index (χ2v) is 8.49. The van der Waals surface area contributed by atoms with E-state index < -0.39 is 22.7 Å². The molecule has 3 aromatic carbocycles. The molecule has 0 aliphatic heterocycles. The fourth-order valence-corrected chi connectivity index (χ4v) is 3.73. The van der Waals surface area contributed by atoms with Gasteiger partial charge in [-0.05, 0) is 54.6 Å². The SMILES string of the molecule is COc1cc(C(=O)Nc2ccc(C(=O)N/N=C/c3cc([N+](=O)[O-])ccc3OC(=O)c3ccco3)cc2)cc(OC)c1OC. The molecule has 1 aromatic heterocycles. The number of hydrogen-bond acceptors (Lipinski definition) is 11. The molecule has 0 aliphatic rings. The number of anilines is 1. The third-order valence-corrected chi connectivity index (χ3v) is 5.83. The van der Waals surface area contributed by atoms with Gasteiger partial charge in [0.2, 0.25) is 11.5 Å². The minimum atomic E-state index is -0.824. The molecule has 0 radical (unpaired) electrons. The van der Waals surface area contributed by atoms with Crippen LogP contribution in [0.25, 0.3) is 0 Å². The number of carbonyl (C=O) groups excluding carboxylic acids is 3. The zero-order valence-electron chi connectivity index (χ0n) is 23.0. The van der Waals surface area contributed by atoms with Crippen molar-refractivity contribution in [3.05, 3.63) is 106 Å². The smallest absolute Gasteiger partial charge is 0.379 e. The summed E-state index contributed by atoms with van der Waals surface area (Å²) < 4.78 is 26.1. The number of hydrazone groups is 1. The van der Waals surface area contributed by atoms with Gasteiger partial charge in [0.25, 0.3) is 17.5 Å². The summed E-state index contributed by atoms with van der Waals surface area (Å²) in [7, 11) is 4.33. The Morgan fingerprint density at radius 1 is 0.860 bits per heavy atom. The molecular weight excluding hydrogens is 564 g/mol. The lowest BCUT2D eigenvalue weighted by Crippen LogP contribution is -2.18. The number of non-ortho nitro benzene ring substituents is 1. The third-order valence-electron chi connectivity index (χ3n) is 5.83. The molecule has 2 amide bonds. The second-order valence-electron chi connectivity index (χ2n) is 8.49. The van der Waals surface area contributed by atoms with Crippen molar-refractivity contribution < 1.29 is 42.7 Å². The van der Waals surface area contributed by atoms with Gasteiger partial charge < -0.3 is 28.7 Å². The molecule has 0 bridgehead atoms. The van der Waals surface area contributed by atoms with Crippen LogP contribution in [0.3, 0.4) is 0 Å². The van der Waals surface area contributed by atoms with E-state index >= 15 is 0 Å². The maximum absolute atomic E-state index is 12.8. The summed E-state index contributed by atoms with van der Waals surface area (Å²) in [6.45, 7) is 0. The number of methoxy groups -OCH3 is 3. The number of hydrogen-bond donors (Lipinski definition) is 2. The van der Waals surface area contributed by atoms with Crippen molar-refractivity contribution in [1.29, 1.82) is 0 Å². The summed E-state index contributed by atoms with van der Waals surface area (Å²) >= 11 is 0. The van der Waals surface area contributed by atoms with Gasteiger partial charge in [-0.2, -0.15) is 5.10 Å². The minimum absolute atomic E-state index is 0.0443. The first-order chi connectivity index (χ1) is 20.7. The van der Waals surface area contributed by atoms with E-state index in [1.807, 2.05) is 0 Å². The van der Waals surface area contributed by atoms with E-state index in [0.29, 0.717) is 22.9 Å². The largest absolute Gasteiger partial charge is 0.493 e. The quantitative estimate of drug-likeness (QED) is 0.0835. The van der Waals surface area contributed by atoms with Gasteiger partial charge in [-0.25, -0.2) is 10.2 Å². The number of furan rings is 1. The van der Waals surface area contributed by atoms with Crippen molar-refractivity contribution in [2.75, 3.05) is 26.6 Å². The molecule has 14 nitrogen and oxygen atoms in total. The molecule has 14 heteroatoms. The number of nitro groups is 1. The normalized spacial score (nSPS) is 10.6. The van der Waals surface area contributed by atoms with Crippen LogP contribution in [-0.4, -0.2) is 50.3 Å². The van der Waals surface area contributed by atoms with Gasteiger partial charge in [0.15, 0.2) is 11.5 Å². The van der Waals surface area contributed by atoms with Crippen LogP contribution in [0, 0.1) is 10.1 Å². The molecular formula is C29H24N4O10. The Morgan fingerprint density at radius 3 is 2.14 bits per heavy atom. The highest BCUT2D eigenvalue weighted by Crippen LogP contribution is 2.38. The number of rotatable bonds is 11. The maximum Gasteiger partial charge on any atom is 0.379 e. The van der Waals surface area contributed by atoms with Crippen LogP contribution < -0.4 is 29.7 Å². The average Bonchev–Trinajstić information content (AvgIpc) is 3.56. The van der Waals surface area contributed by atoms with Crippen LogP contribution >= 0.6 is 0 Å². The van der Waals surface area contributed by atoms with Gasteiger partial charge in [-0.15, -0.1) is 0 Å². The van der Waals surface area contributed by atoms with Crippen molar-refractivity contribution in [3.8, 4) is 23.0 Å². The van der Waals surface area contributed by atoms with E-state index in [1.54, 1.807) is 0 Å². The fourth-order valence-electron chi connectivity index (χ4n) is 3.73.